The maximum atomic E-state index is 5.64. The Morgan fingerprint density at radius 1 is 0.909 bits per heavy atom. The van der Waals surface area contributed by atoms with Gasteiger partial charge in [0.2, 0.25) is 0 Å². The molecule has 0 aliphatic heterocycles. The van der Waals surface area contributed by atoms with Crippen molar-refractivity contribution in [1.82, 2.24) is 14.8 Å². The van der Waals surface area contributed by atoms with Crippen molar-refractivity contribution in [3.8, 4) is 22.8 Å². The van der Waals surface area contributed by atoms with Crippen molar-refractivity contribution in [3.63, 3.8) is 0 Å². The minimum absolute atomic E-state index is 0.107. The van der Waals surface area contributed by atoms with Crippen molar-refractivity contribution in [2.24, 2.45) is 0 Å². The number of thioether (sulfide) groups is 1. The van der Waals surface area contributed by atoms with Gasteiger partial charge in [-0.15, -0.1) is 10.2 Å². The number of ether oxygens (including phenoxy) is 1. The van der Waals surface area contributed by atoms with Gasteiger partial charge in [-0.3, -0.25) is 4.57 Å². The van der Waals surface area contributed by atoms with Crippen LogP contribution in [0.25, 0.3) is 17.1 Å². The lowest BCUT2D eigenvalue weighted by molar-refractivity contribution is 0.340. The Hall–Kier alpha value is -3.05. The van der Waals surface area contributed by atoms with E-state index in [0.29, 0.717) is 6.61 Å². The van der Waals surface area contributed by atoms with Gasteiger partial charge in [-0.05, 0) is 54.7 Å². The summed E-state index contributed by atoms with van der Waals surface area (Å²) in [6.45, 7) is 11.4. The average molecular weight is 458 g/mol. The highest BCUT2D eigenvalue weighted by Gasteiger charge is 2.18. The molecule has 0 bridgehead atoms. The lowest BCUT2D eigenvalue weighted by Crippen LogP contribution is -2.10. The molecule has 0 unspecified atom stereocenters. The predicted octanol–water partition coefficient (Wildman–Crippen LogP) is 7.23. The lowest BCUT2D eigenvalue weighted by atomic mass is 9.87. The summed E-state index contributed by atoms with van der Waals surface area (Å²) in [5.74, 6) is 2.53. The third-order valence-corrected chi connectivity index (χ3v) is 6.50. The number of rotatable bonds is 7. The quantitative estimate of drug-likeness (QED) is 0.274. The minimum atomic E-state index is 0.107. The lowest BCUT2D eigenvalue weighted by Gasteiger charge is -2.19. The van der Waals surface area contributed by atoms with E-state index in [-0.39, 0.29) is 5.41 Å². The molecule has 0 saturated heterocycles. The number of benzene rings is 3. The molecule has 3 aromatic carbocycles. The van der Waals surface area contributed by atoms with Gasteiger partial charge in [0.25, 0.3) is 0 Å². The van der Waals surface area contributed by atoms with Gasteiger partial charge in [0, 0.05) is 17.0 Å². The summed E-state index contributed by atoms with van der Waals surface area (Å²) in [4.78, 5) is 0. The van der Waals surface area contributed by atoms with E-state index in [9.17, 15) is 0 Å². The van der Waals surface area contributed by atoms with Crippen LogP contribution in [0.1, 0.15) is 44.4 Å². The Labute approximate surface area is 201 Å². The molecule has 0 fully saturated rings. The number of nitrogens with zero attached hydrogens (tertiary/aromatic N) is 3. The monoisotopic (exact) mass is 457 g/mol. The molecular formula is C28H31N3OS. The molecule has 0 atom stereocenters. The van der Waals surface area contributed by atoms with Crippen molar-refractivity contribution >= 4 is 11.8 Å². The molecule has 33 heavy (non-hydrogen) atoms. The first kappa shape index (κ1) is 23.1. The maximum Gasteiger partial charge on any atom is 0.196 e. The molecule has 5 heteroatoms. The van der Waals surface area contributed by atoms with Crippen LogP contribution < -0.4 is 4.74 Å². The van der Waals surface area contributed by atoms with Crippen LogP contribution in [-0.4, -0.2) is 21.4 Å². The highest BCUT2D eigenvalue weighted by atomic mass is 32.2. The van der Waals surface area contributed by atoms with Gasteiger partial charge in [0.05, 0.1) is 6.61 Å². The van der Waals surface area contributed by atoms with Crippen LogP contribution >= 0.6 is 11.8 Å². The Kier molecular flexibility index (Phi) is 6.89. The van der Waals surface area contributed by atoms with Crippen LogP contribution in [0.2, 0.25) is 0 Å². The second-order valence-electron chi connectivity index (χ2n) is 9.17. The first-order valence-electron chi connectivity index (χ1n) is 11.3. The normalized spacial score (nSPS) is 11.5. The SMILES string of the molecule is CCOc1ccc(-n2c(SCc3cccc(C)c3)nnc2-c2ccc(C(C)(C)C)cc2)cc1. The second kappa shape index (κ2) is 9.84. The van der Waals surface area contributed by atoms with Crippen LogP contribution in [0.3, 0.4) is 0 Å². The molecule has 0 radical (unpaired) electrons. The highest BCUT2D eigenvalue weighted by molar-refractivity contribution is 7.98. The molecule has 0 aliphatic carbocycles. The van der Waals surface area contributed by atoms with Crippen LogP contribution in [0.4, 0.5) is 0 Å². The largest absolute Gasteiger partial charge is 0.494 e. The molecule has 4 nitrogen and oxygen atoms in total. The van der Waals surface area contributed by atoms with Gasteiger partial charge < -0.3 is 4.74 Å². The summed E-state index contributed by atoms with van der Waals surface area (Å²) in [6.07, 6.45) is 0. The molecular weight excluding hydrogens is 426 g/mol. The van der Waals surface area contributed by atoms with Crippen molar-refractivity contribution in [2.75, 3.05) is 6.61 Å². The number of aryl methyl sites for hydroxylation is 1. The number of hydrogen-bond donors (Lipinski definition) is 0. The van der Waals surface area contributed by atoms with Crippen molar-refractivity contribution in [3.05, 3.63) is 89.5 Å². The third kappa shape index (κ3) is 5.48. The fraction of sp³-hybridized carbons (Fsp3) is 0.286. The van der Waals surface area contributed by atoms with Gasteiger partial charge in [-0.2, -0.15) is 0 Å². The van der Waals surface area contributed by atoms with E-state index in [1.807, 2.05) is 19.1 Å². The van der Waals surface area contributed by atoms with Crippen LogP contribution in [0.5, 0.6) is 5.75 Å². The van der Waals surface area contributed by atoms with Gasteiger partial charge >= 0.3 is 0 Å². The zero-order valence-electron chi connectivity index (χ0n) is 20.0. The van der Waals surface area contributed by atoms with E-state index < -0.39 is 0 Å². The van der Waals surface area contributed by atoms with E-state index in [2.05, 4.69) is 103 Å². The zero-order chi connectivity index (χ0) is 23.4. The van der Waals surface area contributed by atoms with Crippen molar-refractivity contribution < 1.29 is 4.74 Å². The third-order valence-electron chi connectivity index (χ3n) is 5.50. The van der Waals surface area contributed by atoms with Gasteiger partial charge in [0.15, 0.2) is 11.0 Å². The molecule has 0 saturated carbocycles. The van der Waals surface area contributed by atoms with E-state index >= 15 is 0 Å². The number of aromatic nitrogens is 3. The van der Waals surface area contributed by atoms with E-state index in [0.717, 1.165) is 33.7 Å². The fourth-order valence-corrected chi connectivity index (χ4v) is 4.61. The molecule has 0 spiro atoms. The first-order valence-corrected chi connectivity index (χ1v) is 12.3. The number of hydrogen-bond acceptors (Lipinski definition) is 4. The summed E-state index contributed by atoms with van der Waals surface area (Å²) < 4.78 is 7.78. The Bertz CT molecular complexity index is 1210. The fourth-order valence-electron chi connectivity index (χ4n) is 3.71. The first-order chi connectivity index (χ1) is 15.8. The van der Waals surface area contributed by atoms with E-state index in [1.165, 1.54) is 16.7 Å². The van der Waals surface area contributed by atoms with Gasteiger partial charge in [0.1, 0.15) is 5.75 Å². The molecule has 0 amide bonds. The Morgan fingerprint density at radius 2 is 1.64 bits per heavy atom. The molecule has 4 aromatic rings. The summed E-state index contributed by atoms with van der Waals surface area (Å²) in [5.41, 5.74) is 6.01. The van der Waals surface area contributed by atoms with E-state index in [1.54, 1.807) is 11.8 Å². The Balaban J connectivity index is 1.71. The van der Waals surface area contributed by atoms with Gasteiger partial charge in [-0.25, -0.2) is 0 Å². The highest BCUT2D eigenvalue weighted by Crippen LogP contribution is 2.32. The predicted molar refractivity (Wildman–Crippen MR) is 137 cm³/mol. The van der Waals surface area contributed by atoms with Gasteiger partial charge in [-0.1, -0.05) is 86.6 Å². The van der Waals surface area contributed by atoms with Crippen LogP contribution in [-0.2, 0) is 11.2 Å². The topological polar surface area (TPSA) is 39.9 Å². The maximum absolute atomic E-state index is 5.64. The van der Waals surface area contributed by atoms with Crippen molar-refractivity contribution in [1.29, 1.82) is 0 Å². The Morgan fingerprint density at radius 3 is 2.27 bits per heavy atom. The molecule has 1 heterocycles. The van der Waals surface area contributed by atoms with Crippen molar-refractivity contribution in [2.45, 2.75) is 50.9 Å². The average Bonchev–Trinajstić information content (AvgIpc) is 3.22. The summed E-state index contributed by atoms with van der Waals surface area (Å²) in [7, 11) is 0. The van der Waals surface area contributed by atoms with Crippen LogP contribution in [0, 0.1) is 6.92 Å². The molecule has 4 rings (SSSR count). The standard InChI is InChI=1S/C28H31N3OS/c1-6-32-25-16-14-24(15-17-25)31-26(22-10-12-23(13-11-22)28(3,4)5)29-30-27(31)33-19-21-9-7-8-20(2)18-21/h7-18H,6,19H2,1-5H3. The molecule has 1 aromatic heterocycles. The minimum Gasteiger partial charge on any atom is -0.494 e. The summed E-state index contributed by atoms with van der Waals surface area (Å²) in [6, 6.07) is 25.4. The smallest absolute Gasteiger partial charge is 0.196 e. The molecule has 0 N–H and O–H groups in total. The van der Waals surface area contributed by atoms with E-state index in [4.69, 9.17) is 4.74 Å². The van der Waals surface area contributed by atoms with Crippen LogP contribution in [0.15, 0.2) is 78.0 Å². The molecule has 170 valence electrons. The molecule has 0 aliphatic rings. The summed E-state index contributed by atoms with van der Waals surface area (Å²) >= 11 is 1.70. The second-order valence-corrected chi connectivity index (χ2v) is 10.1. The summed E-state index contributed by atoms with van der Waals surface area (Å²) in [5, 5.41) is 10.1. The zero-order valence-corrected chi connectivity index (χ0v) is 20.8.